The maximum atomic E-state index is 5.10. The molecule has 2 aromatic heterocycles. The van der Waals surface area contributed by atoms with Crippen molar-refractivity contribution in [3.05, 3.63) is 199 Å². The molecule has 0 amide bonds. The number of hydrogen-bond donors (Lipinski definition) is 0. The van der Waals surface area contributed by atoms with Gasteiger partial charge in [0.05, 0.1) is 16.9 Å². The van der Waals surface area contributed by atoms with Crippen molar-refractivity contribution in [2.24, 2.45) is 0 Å². The Morgan fingerprint density at radius 3 is 1.60 bits per heavy atom. The fraction of sp³-hybridized carbons (Fsp3) is 0.0208. The quantitative estimate of drug-likeness (QED) is 0.182. The molecule has 53 heavy (non-hydrogen) atoms. The highest BCUT2D eigenvalue weighted by Gasteiger charge is 2.29. The second-order valence-corrected chi connectivity index (χ2v) is 13.3. The van der Waals surface area contributed by atoms with Crippen molar-refractivity contribution < 1.29 is 0 Å². The lowest BCUT2D eigenvalue weighted by Gasteiger charge is -2.32. The van der Waals surface area contributed by atoms with Crippen molar-refractivity contribution in [3.8, 4) is 51.1 Å². The molecule has 5 nitrogen and oxygen atoms in total. The molecule has 0 saturated carbocycles. The summed E-state index contributed by atoms with van der Waals surface area (Å²) in [5.41, 5.74) is 13.3. The summed E-state index contributed by atoms with van der Waals surface area (Å²) < 4.78 is 2.44. The lowest BCUT2D eigenvalue weighted by atomic mass is 9.92. The zero-order chi connectivity index (χ0) is 35.1. The van der Waals surface area contributed by atoms with Crippen LogP contribution in [0.1, 0.15) is 11.1 Å². The molecule has 0 atom stereocenters. The van der Waals surface area contributed by atoms with Gasteiger partial charge in [-0.05, 0) is 65.7 Å². The molecule has 0 saturated heterocycles. The minimum Gasteiger partial charge on any atom is -0.310 e. The summed E-state index contributed by atoms with van der Waals surface area (Å²) in [6, 6.07) is 66.0. The van der Waals surface area contributed by atoms with E-state index in [0.29, 0.717) is 23.9 Å². The first-order valence-corrected chi connectivity index (χ1v) is 17.9. The van der Waals surface area contributed by atoms with Gasteiger partial charge in [0.25, 0.3) is 0 Å². The van der Waals surface area contributed by atoms with Crippen LogP contribution >= 0.6 is 0 Å². The fourth-order valence-corrected chi connectivity index (χ4v) is 7.68. The molecular formula is C48H33N5. The maximum Gasteiger partial charge on any atom is 0.164 e. The summed E-state index contributed by atoms with van der Waals surface area (Å²) in [5.74, 6) is 1.93. The Hall–Kier alpha value is -7.11. The van der Waals surface area contributed by atoms with Gasteiger partial charge in [-0.2, -0.15) is 0 Å². The third-order valence-electron chi connectivity index (χ3n) is 10.1. The number of nitrogens with zero attached hydrogens (tertiary/aromatic N) is 5. The van der Waals surface area contributed by atoms with Gasteiger partial charge < -0.3 is 9.47 Å². The van der Waals surface area contributed by atoms with Crippen molar-refractivity contribution in [3.63, 3.8) is 0 Å². The number of hydrogen-bond acceptors (Lipinski definition) is 4. The van der Waals surface area contributed by atoms with E-state index in [1.807, 2.05) is 60.7 Å². The molecule has 0 aliphatic carbocycles. The zero-order valence-electron chi connectivity index (χ0n) is 28.8. The molecule has 9 aromatic rings. The average molecular weight is 680 g/mol. The molecule has 1 aliphatic rings. The van der Waals surface area contributed by atoms with Crippen molar-refractivity contribution in [1.29, 1.82) is 0 Å². The summed E-state index contributed by atoms with van der Waals surface area (Å²) in [6.07, 6.45) is 0.707. The van der Waals surface area contributed by atoms with E-state index in [-0.39, 0.29) is 0 Å². The normalized spacial score (nSPS) is 12.0. The molecular weight excluding hydrogens is 647 g/mol. The topological polar surface area (TPSA) is 46.8 Å². The van der Waals surface area contributed by atoms with E-state index in [1.54, 1.807) is 0 Å². The molecule has 7 aromatic carbocycles. The number of para-hydroxylation sites is 4. The van der Waals surface area contributed by atoms with Gasteiger partial charge in [-0.25, -0.2) is 15.0 Å². The van der Waals surface area contributed by atoms with E-state index < -0.39 is 0 Å². The second-order valence-electron chi connectivity index (χ2n) is 13.3. The zero-order valence-corrected chi connectivity index (χ0v) is 28.8. The number of aromatic nitrogens is 4. The molecule has 3 heterocycles. The standard InChI is InChI=1S/C48H33N5/c1-5-17-33(18-6-1)46-49-47(34-19-7-2-8-20-34)51-48(50-46)35-29-30-42-36(31-35)32-41-39-25-13-15-27-43(39)53(38-23-11-4-12-24-38)45(41)40-26-14-16-28-44(40)52(42)37-21-9-3-10-22-37/h1-31H,32H2. The minimum absolute atomic E-state index is 0.640. The molecule has 0 N–H and O–H groups in total. The molecule has 0 unspecified atom stereocenters. The number of benzene rings is 7. The van der Waals surface area contributed by atoms with Crippen molar-refractivity contribution in [1.82, 2.24) is 19.5 Å². The Balaban J connectivity index is 1.25. The van der Waals surface area contributed by atoms with Gasteiger partial charge in [0, 0.05) is 51.1 Å². The average Bonchev–Trinajstić information content (AvgIpc) is 3.55. The lowest BCUT2D eigenvalue weighted by molar-refractivity contribution is 1.07. The van der Waals surface area contributed by atoms with Crippen LogP contribution in [0.2, 0.25) is 0 Å². The van der Waals surface area contributed by atoms with Crippen molar-refractivity contribution >= 4 is 28.0 Å². The van der Waals surface area contributed by atoms with Crippen LogP contribution in [0.5, 0.6) is 0 Å². The highest BCUT2D eigenvalue weighted by molar-refractivity contribution is 6.00. The van der Waals surface area contributed by atoms with Gasteiger partial charge >= 0.3 is 0 Å². The highest BCUT2D eigenvalue weighted by atomic mass is 15.2. The SMILES string of the molecule is c1ccc(-c2nc(-c3ccccc3)nc(-c3ccc4c(c3)Cc3c(n(-c5ccccc5)c5ccccc35)-c3ccccc3N4c3ccccc3)n2)cc1. The van der Waals surface area contributed by atoms with Crippen LogP contribution in [-0.2, 0) is 6.42 Å². The van der Waals surface area contributed by atoms with Gasteiger partial charge in [-0.3, -0.25) is 0 Å². The van der Waals surface area contributed by atoms with E-state index in [2.05, 4.69) is 137 Å². The Morgan fingerprint density at radius 1 is 0.415 bits per heavy atom. The molecule has 0 fully saturated rings. The van der Waals surface area contributed by atoms with Crippen LogP contribution < -0.4 is 4.90 Å². The number of fused-ring (bicyclic) bond motifs is 6. The molecule has 0 radical (unpaired) electrons. The van der Waals surface area contributed by atoms with Crippen LogP contribution in [0.4, 0.5) is 17.1 Å². The van der Waals surface area contributed by atoms with Crippen LogP contribution in [0.15, 0.2) is 188 Å². The smallest absolute Gasteiger partial charge is 0.164 e. The first-order valence-electron chi connectivity index (χ1n) is 17.9. The first-order chi connectivity index (χ1) is 26.3. The Labute approximate surface area is 308 Å². The van der Waals surface area contributed by atoms with Crippen LogP contribution in [0, 0.1) is 0 Å². The summed E-state index contributed by atoms with van der Waals surface area (Å²) >= 11 is 0. The summed E-state index contributed by atoms with van der Waals surface area (Å²) in [4.78, 5) is 17.6. The Morgan fingerprint density at radius 2 is 0.943 bits per heavy atom. The fourth-order valence-electron chi connectivity index (χ4n) is 7.68. The van der Waals surface area contributed by atoms with Crippen LogP contribution in [0.3, 0.4) is 0 Å². The van der Waals surface area contributed by atoms with Gasteiger partial charge in [0.15, 0.2) is 17.5 Å². The maximum absolute atomic E-state index is 5.10. The summed E-state index contributed by atoms with van der Waals surface area (Å²) in [6.45, 7) is 0. The predicted molar refractivity (Wildman–Crippen MR) is 216 cm³/mol. The number of anilines is 3. The van der Waals surface area contributed by atoms with E-state index in [0.717, 1.165) is 39.4 Å². The van der Waals surface area contributed by atoms with E-state index >= 15 is 0 Å². The minimum atomic E-state index is 0.640. The molecule has 0 bridgehead atoms. The van der Waals surface area contributed by atoms with E-state index in [9.17, 15) is 0 Å². The highest BCUT2D eigenvalue weighted by Crippen LogP contribution is 2.49. The van der Waals surface area contributed by atoms with E-state index in [4.69, 9.17) is 15.0 Å². The first kappa shape index (κ1) is 30.7. The molecule has 0 spiro atoms. The molecule has 250 valence electrons. The van der Waals surface area contributed by atoms with Crippen molar-refractivity contribution in [2.45, 2.75) is 6.42 Å². The summed E-state index contributed by atoms with van der Waals surface area (Å²) in [7, 11) is 0. The van der Waals surface area contributed by atoms with Gasteiger partial charge in [-0.1, -0.05) is 133 Å². The Bertz CT molecular complexity index is 2680. The van der Waals surface area contributed by atoms with Crippen LogP contribution in [-0.4, -0.2) is 19.5 Å². The summed E-state index contributed by atoms with van der Waals surface area (Å²) in [5, 5.41) is 1.24. The molecule has 5 heteroatoms. The van der Waals surface area contributed by atoms with E-state index in [1.165, 1.54) is 33.3 Å². The second kappa shape index (κ2) is 12.9. The number of rotatable bonds is 5. The van der Waals surface area contributed by atoms with Gasteiger partial charge in [0.2, 0.25) is 0 Å². The third kappa shape index (κ3) is 5.38. The van der Waals surface area contributed by atoms with Gasteiger partial charge in [-0.15, -0.1) is 0 Å². The largest absolute Gasteiger partial charge is 0.310 e. The van der Waals surface area contributed by atoms with Gasteiger partial charge in [0.1, 0.15) is 0 Å². The van der Waals surface area contributed by atoms with Crippen LogP contribution in [0.25, 0.3) is 62.0 Å². The molecule has 1 aliphatic heterocycles. The predicted octanol–water partition coefficient (Wildman–Crippen LogP) is 11.9. The lowest BCUT2D eigenvalue weighted by Crippen LogP contribution is -2.16. The van der Waals surface area contributed by atoms with Crippen molar-refractivity contribution in [2.75, 3.05) is 4.90 Å². The third-order valence-corrected chi connectivity index (χ3v) is 10.1. The monoisotopic (exact) mass is 679 g/mol. The molecule has 10 rings (SSSR count). The Kier molecular flexibility index (Phi) is 7.47.